The van der Waals surface area contributed by atoms with Crippen LogP contribution in [0.15, 0.2) is 0 Å². The Morgan fingerprint density at radius 1 is 0.286 bits per heavy atom. The Bertz CT molecular complexity index is 400. The molecule has 0 aromatic rings. The molecule has 0 spiro atoms. The van der Waals surface area contributed by atoms with Crippen LogP contribution in [0.5, 0.6) is 0 Å². The fourth-order valence-corrected chi connectivity index (χ4v) is 89.9. The zero-order valence-electron chi connectivity index (χ0n) is 22.9. The van der Waals surface area contributed by atoms with Gasteiger partial charge in [-0.1, -0.05) is 0 Å². The first-order chi connectivity index (χ1) is 11.7. The molecular formula is C18H54InN3Si6. The topological polar surface area (TPSA) is 9.72 Å². The van der Waals surface area contributed by atoms with E-state index in [-0.39, 0.29) is 0 Å². The van der Waals surface area contributed by atoms with Crippen molar-refractivity contribution >= 4 is 71.7 Å². The van der Waals surface area contributed by atoms with Crippen LogP contribution in [0.25, 0.3) is 0 Å². The summed E-state index contributed by atoms with van der Waals surface area (Å²) in [6.45, 7) is 47.6. The second kappa shape index (κ2) is 9.13. The van der Waals surface area contributed by atoms with Crippen LogP contribution in [0.2, 0.25) is 118 Å². The first-order valence-electron chi connectivity index (χ1n) is 11.1. The summed E-state index contributed by atoms with van der Waals surface area (Å²) in [6.07, 6.45) is 0. The molecule has 0 saturated heterocycles. The zero-order valence-corrected chi connectivity index (χ0v) is 32.2. The van der Waals surface area contributed by atoms with Gasteiger partial charge in [-0.25, -0.2) is 0 Å². The molecule has 10 heteroatoms. The molecule has 0 unspecified atom stereocenters. The van der Waals surface area contributed by atoms with Gasteiger partial charge in [-0.05, 0) is 0 Å². The zero-order chi connectivity index (χ0) is 23.3. The van der Waals surface area contributed by atoms with Crippen molar-refractivity contribution in [2.75, 3.05) is 0 Å². The third-order valence-electron chi connectivity index (χ3n) is 5.03. The van der Waals surface area contributed by atoms with Crippen molar-refractivity contribution < 1.29 is 0 Å². The van der Waals surface area contributed by atoms with Gasteiger partial charge in [0.15, 0.2) is 0 Å². The van der Waals surface area contributed by atoms with Crippen molar-refractivity contribution in [3.05, 3.63) is 0 Å². The molecule has 0 aliphatic carbocycles. The van der Waals surface area contributed by atoms with E-state index < -0.39 is 71.7 Å². The Hall–Kier alpha value is 2.05. The Morgan fingerprint density at radius 2 is 0.393 bits per heavy atom. The number of rotatable bonds is 9. The normalized spacial score (nSPS) is 15.8. The molecule has 0 radical (unpaired) electrons. The van der Waals surface area contributed by atoms with Gasteiger partial charge in [-0.3, -0.25) is 0 Å². The van der Waals surface area contributed by atoms with Crippen LogP contribution in [0.1, 0.15) is 0 Å². The number of hydrogen-bond acceptors (Lipinski definition) is 3. The van der Waals surface area contributed by atoms with E-state index in [2.05, 4.69) is 125 Å². The molecule has 0 atom stereocenters. The molecule has 0 aromatic carbocycles. The van der Waals surface area contributed by atoms with Crippen molar-refractivity contribution in [1.82, 2.24) is 6.66 Å². The van der Waals surface area contributed by atoms with Crippen LogP contribution in [0, 0.1) is 0 Å². The molecule has 0 heterocycles. The molecule has 0 fully saturated rings. The van der Waals surface area contributed by atoms with Crippen LogP contribution in [-0.4, -0.2) is 78.4 Å². The van der Waals surface area contributed by atoms with Crippen LogP contribution in [0.4, 0.5) is 0 Å². The predicted octanol–water partition coefficient (Wildman–Crippen LogP) is 6.89. The van der Waals surface area contributed by atoms with E-state index >= 15 is 0 Å². The van der Waals surface area contributed by atoms with Crippen LogP contribution >= 0.6 is 0 Å². The molecule has 0 saturated carbocycles. The van der Waals surface area contributed by atoms with Gasteiger partial charge in [0.2, 0.25) is 0 Å². The van der Waals surface area contributed by atoms with Gasteiger partial charge in [0.25, 0.3) is 0 Å². The summed E-state index contributed by atoms with van der Waals surface area (Å²) < 4.78 is 10.1. The molecule has 28 heavy (non-hydrogen) atoms. The molecule has 0 aliphatic heterocycles. The molecule has 0 bridgehead atoms. The fraction of sp³-hybridized carbons (Fsp3) is 1.00. The third kappa shape index (κ3) is 8.19. The second-order valence-electron chi connectivity index (χ2n) is 14.5. The predicted molar refractivity (Wildman–Crippen MR) is 151 cm³/mol. The number of hydrogen-bond donors (Lipinski definition) is 0. The quantitative estimate of drug-likeness (QED) is 0.269. The minimum absolute atomic E-state index is 1.43. The molecule has 0 amide bonds. The van der Waals surface area contributed by atoms with Crippen molar-refractivity contribution in [1.29, 1.82) is 0 Å². The van der Waals surface area contributed by atoms with Gasteiger partial charge in [-0.15, -0.1) is 0 Å². The minimum atomic E-state index is -2.47. The van der Waals surface area contributed by atoms with Crippen LogP contribution < -0.4 is 0 Å². The van der Waals surface area contributed by atoms with E-state index in [1.807, 2.05) is 0 Å². The maximum atomic E-state index is 3.36. The Morgan fingerprint density at radius 3 is 0.464 bits per heavy atom. The van der Waals surface area contributed by atoms with E-state index in [0.29, 0.717) is 0 Å². The first-order valence-corrected chi connectivity index (χ1v) is 36.2. The average molecular weight is 596 g/mol. The van der Waals surface area contributed by atoms with Crippen molar-refractivity contribution in [2.24, 2.45) is 0 Å². The van der Waals surface area contributed by atoms with Gasteiger partial charge < -0.3 is 0 Å². The Balaban J connectivity index is 7.30. The van der Waals surface area contributed by atoms with Crippen molar-refractivity contribution in [3.63, 3.8) is 0 Å². The summed E-state index contributed by atoms with van der Waals surface area (Å²) in [7, 11) is -8.59. The van der Waals surface area contributed by atoms with Crippen LogP contribution in [0.3, 0.4) is 0 Å². The van der Waals surface area contributed by atoms with E-state index in [0.717, 1.165) is 0 Å². The molecule has 0 aromatic heterocycles. The van der Waals surface area contributed by atoms with Gasteiger partial charge in [0.1, 0.15) is 0 Å². The summed E-state index contributed by atoms with van der Waals surface area (Å²) in [5, 5.41) is 0. The number of nitrogens with zero attached hydrogens (tertiary/aromatic N) is 3. The average Bonchev–Trinajstić information content (AvgIpc) is 2.13. The van der Waals surface area contributed by atoms with Gasteiger partial charge in [0.05, 0.1) is 0 Å². The Kier molecular flexibility index (Phi) is 9.79. The molecule has 0 rings (SSSR count). The van der Waals surface area contributed by atoms with Gasteiger partial charge in [0, 0.05) is 0 Å². The molecule has 0 N–H and O–H groups in total. The summed E-state index contributed by atoms with van der Waals surface area (Å²) in [5.41, 5.74) is 0. The van der Waals surface area contributed by atoms with Crippen LogP contribution in [-0.2, 0) is 0 Å². The standard InChI is InChI=1S/3C6H18NSi2.In/c3*1-8(2,3)7-9(4,5)6;/h3*1-6H3;/q3*-1;+3. The van der Waals surface area contributed by atoms with E-state index in [1.165, 1.54) is 0 Å². The third-order valence-corrected chi connectivity index (χ3v) is 78.8. The molecule has 3 nitrogen and oxygen atoms in total. The molecule has 0 aliphatic rings. The Labute approximate surface area is 194 Å². The second-order valence-corrected chi connectivity index (χ2v) is 60.0. The van der Waals surface area contributed by atoms with Gasteiger partial charge in [-0.2, -0.15) is 0 Å². The molecular weight excluding hydrogens is 542 g/mol. The summed E-state index contributed by atoms with van der Waals surface area (Å²) in [4.78, 5) is 0. The fourth-order valence-electron chi connectivity index (χ4n) is 5.44. The maximum absolute atomic E-state index is 3.36. The SMILES string of the molecule is C[Si](C)(C)[N]([In]([N]([Si](C)(C)C)[Si](C)(C)C)[N]([Si](C)(C)C)[Si](C)(C)C)[Si](C)(C)C. The van der Waals surface area contributed by atoms with E-state index in [4.69, 9.17) is 0 Å². The summed E-state index contributed by atoms with van der Waals surface area (Å²) >= 11 is -2.47. The monoisotopic (exact) mass is 595 g/mol. The van der Waals surface area contributed by atoms with E-state index in [9.17, 15) is 0 Å². The summed E-state index contributed by atoms with van der Waals surface area (Å²) in [5.74, 6) is 0. The first kappa shape index (κ1) is 30.1. The van der Waals surface area contributed by atoms with Crippen molar-refractivity contribution in [2.45, 2.75) is 118 Å². The van der Waals surface area contributed by atoms with E-state index in [1.54, 1.807) is 0 Å². The summed E-state index contributed by atoms with van der Waals surface area (Å²) in [6, 6.07) is 0. The van der Waals surface area contributed by atoms with Gasteiger partial charge >= 0.3 is 196 Å². The van der Waals surface area contributed by atoms with Crippen molar-refractivity contribution in [3.8, 4) is 0 Å². The molecule has 168 valence electrons.